The molecule has 0 fully saturated rings. The molecular formula is C24H32N2O5. The number of nitrogens with one attached hydrogen (secondary N) is 2. The van der Waals surface area contributed by atoms with Gasteiger partial charge in [0.05, 0.1) is 26.1 Å². The third kappa shape index (κ3) is 10.2. The molecule has 7 nitrogen and oxygen atoms in total. The Morgan fingerprint density at radius 3 is 1.45 bits per heavy atom. The lowest BCUT2D eigenvalue weighted by molar-refractivity contribution is -0.153. The van der Waals surface area contributed by atoms with Crippen LogP contribution in [0.4, 0.5) is 0 Å². The maximum absolute atomic E-state index is 12.1. The van der Waals surface area contributed by atoms with Crippen LogP contribution in [0.5, 0.6) is 0 Å². The summed E-state index contributed by atoms with van der Waals surface area (Å²) in [6.45, 7) is 5.13. The first kappa shape index (κ1) is 24.5. The van der Waals surface area contributed by atoms with Gasteiger partial charge in [0, 0.05) is 13.1 Å². The summed E-state index contributed by atoms with van der Waals surface area (Å²) in [4.78, 5) is 24.2. The van der Waals surface area contributed by atoms with E-state index in [1.165, 1.54) is 0 Å². The second-order valence-electron chi connectivity index (χ2n) is 6.86. The van der Waals surface area contributed by atoms with Crippen molar-refractivity contribution >= 4 is 11.9 Å². The van der Waals surface area contributed by atoms with Crippen molar-refractivity contribution in [2.75, 3.05) is 13.2 Å². The van der Waals surface area contributed by atoms with Crippen molar-refractivity contribution < 1.29 is 23.8 Å². The molecule has 0 spiro atoms. The maximum atomic E-state index is 12.1. The van der Waals surface area contributed by atoms with Gasteiger partial charge in [-0.3, -0.25) is 20.2 Å². The molecule has 0 amide bonds. The van der Waals surface area contributed by atoms with Crippen LogP contribution in [0.25, 0.3) is 0 Å². The Balaban J connectivity index is 2.05. The van der Waals surface area contributed by atoms with Crippen molar-refractivity contribution in [3.63, 3.8) is 0 Å². The largest absolute Gasteiger partial charge is 0.466 e. The molecule has 7 heteroatoms. The molecule has 0 saturated carbocycles. The molecule has 2 unspecified atom stereocenters. The number of esters is 2. The average Bonchev–Trinajstić information content (AvgIpc) is 2.77. The number of hydrogen-bond donors (Lipinski definition) is 2. The van der Waals surface area contributed by atoms with E-state index in [4.69, 9.17) is 14.2 Å². The molecule has 0 radical (unpaired) electrons. The summed E-state index contributed by atoms with van der Waals surface area (Å²) in [5.41, 5.74) is 2.11. The van der Waals surface area contributed by atoms with E-state index in [0.29, 0.717) is 26.3 Å². The smallest absolute Gasteiger partial charge is 0.309 e. The van der Waals surface area contributed by atoms with Crippen LogP contribution in [-0.2, 0) is 36.9 Å². The summed E-state index contributed by atoms with van der Waals surface area (Å²) in [6, 6.07) is 19.6. The zero-order valence-electron chi connectivity index (χ0n) is 18.2. The Morgan fingerprint density at radius 1 is 0.710 bits per heavy atom. The van der Waals surface area contributed by atoms with Crippen LogP contribution < -0.4 is 10.6 Å². The van der Waals surface area contributed by atoms with Gasteiger partial charge in [-0.2, -0.15) is 0 Å². The van der Waals surface area contributed by atoms with Gasteiger partial charge in [0.15, 0.2) is 0 Å². The summed E-state index contributed by atoms with van der Waals surface area (Å²) in [5, 5.41) is 6.49. The predicted octanol–water partition coefficient (Wildman–Crippen LogP) is 3.14. The topological polar surface area (TPSA) is 85.9 Å². The molecule has 31 heavy (non-hydrogen) atoms. The highest BCUT2D eigenvalue weighted by Gasteiger charge is 2.23. The van der Waals surface area contributed by atoms with Gasteiger partial charge in [-0.15, -0.1) is 0 Å². The van der Waals surface area contributed by atoms with Crippen LogP contribution in [0.15, 0.2) is 60.7 Å². The molecule has 2 aromatic rings. The van der Waals surface area contributed by atoms with E-state index < -0.39 is 12.5 Å². The highest BCUT2D eigenvalue weighted by molar-refractivity contribution is 5.70. The average molecular weight is 429 g/mol. The third-order valence-electron chi connectivity index (χ3n) is 4.40. The van der Waals surface area contributed by atoms with E-state index in [9.17, 15) is 9.59 Å². The van der Waals surface area contributed by atoms with Crippen molar-refractivity contribution in [1.82, 2.24) is 10.6 Å². The Morgan fingerprint density at radius 2 is 1.10 bits per heavy atom. The van der Waals surface area contributed by atoms with Gasteiger partial charge in [-0.1, -0.05) is 60.7 Å². The number of rotatable bonds is 14. The quantitative estimate of drug-likeness (QED) is 0.353. The molecule has 0 saturated heterocycles. The number of hydrogen-bond acceptors (Lipinski definition) is 7. The minimum Gasteiger partial charge on any atom is -0.466 e. The van der Waals surface area contributed by atoms with Crippen LogP contribution in [0, 0.1) is 0 Å². The zero-order chi connectivity index (χ0) is 22.3. The zero-order valence-corrected chi connectivity index (χ0v) is 18.2. The maximum Gasteiger partial charge on any atom is 0.309 e. The summed E-state index contributed by atoms with van der Waals surface area (Å²) in [7, 11) is 0. The van der Waals surface area contributed by atoms with Crippen LogP contribution in [0.3, 0.4) is 0 Å². The molecular weight excluding hydrogens is 396 g/mol. The molecule has 168 valence electrons. The van der Waals surface area contributed by atoms with Crippen LogP contribution in [0.2, 0.25) is 0 Å². The Bertz CT molecular complexity index is 705. The van der Waals surface area contributed by atoms with Gasteiger partial charge in [0.25, 0.3) is 0 Å². The first-order valence-electron chi connectivity index (χ1n) is 10.6. The molecule has 2 N–H and O–H groups in total. The van der Waals surface area contributed by atoms with E-state index in [-0.39, 0.29) is 24.8 Å². The van der Waals surface area contributed by atoms with E-state index in [1.807, 2.05) is 60.7 Å². The highest BCUT2D eigenvalue weighted by Crippen LogP contribution is 2.09. The number of ether oxygens (including phenoxy) is 3. The fraction of sp³-hybridized carbons (Fsp3) is 0.417. The van der Waals surface area contributed by atoms with Crippen LogP contribution in [0.1, 0.15) is 37.8 Å². The van der Waals surface area contributed by atoms with Gasteiger partial charge >= 0.3 is 11.9 Å². The van der Waals surface area contributed by atoms with Crippen LogP contribution in [-0.4, -0.2) is 37.6 Å². The lowest BCUT2D eigenvalue weighted by atomic mass is 10.2. The molecule has 0 bridgehead atoms. The number of carbonyl (C=O) groups excluding carboxylic acids is 2. The molecule has 2 atom stereocenters. The van der Waals surface area contributed by atoms with Gasteiger partial charge < -0.3 is 14.2 Å². The third-order valence-corrected chi connectivity index (χ3v) is 4.40. The SMILES string of the molecule is CCOC(=O)CC(NCc1ccccc1)OC(CC(=O)OCC)NCc1ccccc1. The summed E-state index contributed by atoms with van der Waals surface area (Å²) < 4.78 is 16.3. The van der Waals surface area contributed by atoms with Gasteiger partial charge in [-0.25, -0.2) is 0 Å². The van der Waals surface area contributed by atoms with Crippen LogP contribution >= 0.6 is 0 Å². The van der Waals surface area contributed by atoms with Crippen molar-refractivity contribution in [3.8, 4) is 0 Å². The van der Waals surface area contributed by atoms with E-state index in [2.05, 4.69) is 10.6 Å². The lowest BCUT2D eigenvalue weighted by Gasteiger charge is -2.26. The summed E-state index contributed by atoms with van der Waals surface area (Å²) >= 11 is 0. The second kappa shape index (κ2) is 14.3. The molecule has 0 aliphatic rings. The molecule has 0 aliphatic carbocycles. The number of benzene rings is 2. The molecule has 0 aromatic heterocycles. The Hall–Kier alpha value is -2.74. The summed E-state index contributed by atoms with van der Waals surface area (Å²) in [6.07, 6.45) is -1.23. The molecule has 0 aliphatic heterocycles. The Labute approximate surface area is 184 Å². The minimum atomic E-state index is -0.637. The monoisotopic (exact) mass is 428 g/mol. The standard InChI is InChI=1S/C24H32N2O5/c1-3-29-23(27)15-21(25-17-19-11-7-5-8-12-19)31-22(16-24(28)30-4-2)26-18-20-13-9-6-10-14-20/h5-14,21-22,25-26H,3-4,15-18H2,1-2H3. The lowest BCUT2D eigenvalue weighted by Crippen LogP contribution is -2.43. The number of carbonyl (C=O) groups is 2. The molecule has 2 rings (SSSR count). The second-order valence-corrected chi connectivity index (χ2v) is 6.86. The van der Waals surface area contributed by atoms with E-state index in [1.54, 1.807) is 13.8 Å². The minimum absolute atomic E-state index is 0.0208. The predicted molar refractivity (Wildman–Crippen MR) is 118 cm³/mol. The van der Waals surface area contributed by atoms with E-state index >= 15 is 0 Å². The highest BCUT2D eigenvalue weighted by atomic mass is 16.6. The Kier molecular flexibility index (Phi) is 11.3. The fourth-order valence-corrected chi connectivity index (χ4v) is 2.93. The van der Waals surface area contributed by atoms with Crippen molar-refractivity contribution in [2.45, 2.75) is 52.2 Å². The van der Waals surface area contributed by atoms with Gasteiger partial charge in [-0.05, 0) is 25.0 Å². The summed E-state index contributed by atoms with van der Waals surface area (Å²) in [5.74, 6) is -0.739. The van der Waals surface area contributed by atoms with E-state index in [0.717, 1.165) is 11.1 Å². The van der Waals surface area contributed by atoms with Gasteiger partial charge in [0.2, 0.25) is 0 Å². The molecule has 0 heterocycles. The first-order chi connectivity index (χ1) is 15.1. The molecule has 2 aromatic carbocycles. The first-order valence-corrected chi connectivity index (χ1v) is 10.6. The van der Waals surface area contributed by atoms with Crippen molar-refractivity contribution in [3.05, 3.63) is 71.8 Å². The normalized spacial score (nSPS) is 12.7. The van der Waals surface area contributed by atoms with Crippen molar-refractivity contribution in [1.29, 1.82) is 0 Å². The fourth-order valence-electron chi connectivity index (χ4n) is 2.93. The van der Waals surface area contributed by atoms with Gasteiger partial charge in [0.1, 0.15) is 12.5 Å². The van der Waals surface area contributed by atoms with Crippen molar-refractivity contribution in [2.24, 2.45) is 0 Å².